The van der Waals surface area contributed by atoms with Gasteiger partial charge in [-0.1, -0.05) is 0 Å². The molecular weight excluding hydrogens is 277 g/mol. The number of carbonyl (C=O) groups is 1. The van der Waals surface area contributed by atoms with Gasteiger partial charge in [0.05, 0.1) is 0 Å². The monoisotopic (exact) mass is 289 g/mol. The maximum atomic E-state index is 11.4. The zero-order valence-corrected chi connectivity index (χ0v) is 11.3. The number of benzene rings is 1. The summed E-state index contributed by atoms with van der Waals surface area (Å²) in [5.41, 5.74) is 0. The molecule has 1 aromatic heterocycles. The first-order chi connectivity index (χ1) is 8.20. The minimum absolute atomic E-state index is 0.234. The van der Waals surface area contributed by atoms with E-state index >= 15 is 0 Å². The average molecular weight is 289 g/mol. The standard InChI is InChI=1S/C12H12AsN3O/c1-2-14-12(17)16-11-6-8-4-3-5-10(13)9(8)7-15-11/h3-7H,2H2,1H3,(H2,14,15,16,17). The van der Waals surface area contributed by atoms with Crippen molar-refractivity contribution in [1.82, 2.24) is 10.3 Å². The molecule has 0 aliphatic rings. The van der Waals surface area contributed by atoms with E-state index in [1.165, 1.54) is 0 Å². The van der Waals surface area contributed by atoms with Gasteiger partial charge < -0.3 is 0 Å². The van der Waals surface area contributed by atoms with E-state index in [2.05, 4.69) is 32.5 Å². The molecule has 1 heterocycles. The number of nitrogens with zero attached hydrogens (tertiary/aromatic N) is 1. The molecule has 2 aromatic rings. The van der Waals surface area contributed by atoms with Crippen LogP contribution in [0.2, 0.25) is 0 Å². The number of nitrogens with one attached hydrogen (secondary N) is 2. The summed E-state index contributed by atoms with van der Waals surface area (Å²) in [7, 11) is 0. The van der Waals surface area contributed by atoms with Gasteiger partial charge in [0.15, 0.2) is 0 Å². The number of hydrogen-bond acceptors (Lipinski definition) is 2. The number of pyridine rings is 1. The van der Waals surface area contributed by atoms with Gasteiger partial charge in [-0.15, -0.1) is 0 Å². The molecule has 2 amide bonds. The second kappa shape index (κ2) is 5.19. The van der Waals surface area contributed by atoms with E-state index in [1.54, 1.807) is 6.20 Å². The van der Waals surface area contributed by atoms with Crippen LogP contribution in [0.4, 0.5) is 10.6 Å². The molecule has 0 unspecified atom stereocenters. The molecule has 0 bridgehead atoms. The van der Waals surface area contributed by atoms with Gasteiger partial charge in [-0.25, -0.2) is 0 Å². The van der Waals surface area contributed by atoms with Gasteiger partial charge in [0.2, 0.25) is 0 Å². The van der Waals surface area contributed by atoms with Crippen molar-refractivity contribution in [2.24, 2.45) is 0 Å². The van der Waals surface area contributed by atoms with Crippen molar-refractivity contribution in [2.45, 2.75) is 6.92 Å². The minimum atomic E-state index is -0.234. The third-order valence-corrected chi connectivity index (χ3v) is 3.14. The summed E-state index contributed by atoms with van der Waals surface area (Å²) in [6.45, 7) is 2.46. The van der Waals surface area contributed by atoms with Crippen LogP contribution in [-0.2, 0) is 0 Å². The number of anilines is 1. The average Bonchev–Trinajstić information content (AvgIpc) is 2.29. The Morgan fingerprint density at radius 2 is 2.29 bits per heavy atom. The molecule has 0 atom stereocenters. The number of carbonyl (C=O) groups excluding carboxylic acids is 1. The van der Waals surface area contributed by atoms with Gasteiger partial charge in [0.1, 0.15) is 0 Å². The van der Waals surface area contributed by atoms with Crippen LogP contribution >= 0.6 is 0 Å². The molecule has 2 N–H and O–H groups in total. The van der Waals surface area contributed by atoms with Crippen LogP contribution in [0.3, 0.4) is 0 Å². The second-order valence-electron chi connectivity index (χ2n) is 3.55. The number of aromatic nitrogens is 1. The molecule has 1 aromatic carbocycles. The Hall–Kier alpha value is -1.54. The summed E-state index contributed by atoms with van der Waals surface area (Å²) < 4.78 is 1.12. The number of rotatable bonds is 2. The third-order valence-electron chi connectivity index (χ3n) is 2.32. The number of amides is 2. The fraction of sp³-hybridized carbons (Fsp3) is 0.167. The molecule has 17 heavy (non-hydrogen) atoms. The van der Waals surface area contributed by atoms with Gasteiger partial charge in [-0.05, 0) is 0 Å². The second-order valence-corrected chi connectivity index (χ2v) is 4.56. The molecule has 0 fully saturated rings. The van der Waals surface area contributed by atoms with Crippen LogP contribution in [0.25, 0.3) is 10.8 Å². The van der Waals surface area contributed by atoms with E-state index in [0.717, 1.165) is 15.1 Å². The zero-order chi connectivity index (χ0) is 12.3. The summed E-state index contributed by atoms with van der Waals surface area (Å²) in [5, 5.41) is 7.49. The topological polar surface area (TPSA) is 54.0 Å². The molecule has 5 heteroatoms. The summed E-state index contributed by atoms with van der Waals surface area (Å²) in [4.78, 5) is 15.6. The van der Waals surface area contributed by atoms with Crippen LogP contribution in [0.5, 0.6) is 0 Å². The van der Waals surface area contributed by atoms with E-state index in [1.807, 2.05) is 31.2 Å². The quantitative estimate of drug-likeness (QED) is 0.815. The Kier molecular flexibility index (Phi) is 3.64. The first-order valence-corrected chi connectivity index (χ1v) is 6.27. The number of hydrogen-bond donors (Lipinski definition) is 2. The Balaban J connectivity index is 2.29. The van der Waals surface area contributed by atoms with Crippen molar-refractivity contribution in [3.63, 3.8) is 0 Å². The van der Waals surface area contributed by atoms with Crippen LogP contribution in [-0.4, -0.2) is 34.4 Å². The molecule has 0 aliphatic carbocycles. The molecule has 2 rings (SSSR count). The van der Waals surface area contributed by atoms with Crippen molar-refractivity contribution in [3.8, 4) is 0 Å². The van der Waals surface area contributed by atoms with E-state index in [9.17, 15) is 4.79 Å². The van der Waals surface area contributed by atoms with E-state index < -0.39 is 0 Å². The van der Waals surface area contributed by atoms with E-state index in [-0.39, 0.29) is 6.03 Å². The predicted octanol–water partition coefficient (Wildman–Crippen LogP) is 1.17. The molecule has 0 saturated heterocycles. The van der Waals surface area contributed by atoms with Crippen LogP contribution < -0.4 is 15.0 Å². The van der Waals surface area contributed by atoms with E-state index in [0.29, 0.717) is 12.4 Å². The van der Waals surface area contributed by atoms with Crippen LogP contribution in [0, 0.1) is 0 Å². The zero-order valence-electron chi connectivity index (χ0n) is 9.40. The molecule has 0 saturated carbocycles. The summed E-state index contributed by atoms with van der Waals surface area (Å²) >= 11 is 2.51. The van der Waals surface area contributed by atoms with Crippen molar-refractivity contribution in [2.75, 3.05) is 11.9 Å². The SMILES string of the molecule is CCNC(=O)Nc1cc2cccc([As])c2cn1. The van der Waals surface area contributed by atoms with Gasteiger partial charge in [0, 0.05) is 0 Å². The van der Waals surface area contributed by atoms with Crippen molar-refractivity contribution in [1.29, 1.82) is 0 Å². The molecule has 86 valence electrons. The first kappa shape index (κ1) is 11.9. The Morgan fingerprint density at radius 3 is 3.06 bits per heavy atom. The Labute approximate surface area is 108 Å². The fourth-order valence-electron chi connectivity index (χ4n) is 1.54. The number of fused-ring (bicyclic) bond motifs is 1. The van der Waals surface area contributed by atoms with Gasteiger partial charge in [0.25, 0.3) is 0 Å². The normalized spacial score (nSPS) is 10.2. The van der Waals surface area contributed by atoms with E-state index in [4.69, 9.17) is 0 Å². The Morgan fingerprint density at radius 1 is 1.47 bits per heavy atom. The summed E-state index contributed by atoms with van der Waals surface area (Å²) in [6, 6.07) is 7.62. The molecule has 0 aliphatic heterocycles. The Bertz CT molecular complexity index is 556. The summed E-state index contributed by atoms with van der Waals surface area (Å²) in [5.74, 6) is 0.557. The molecule has 2 radical (unpaired) electrons. The van der Waals surface area contributed by atoms with Crippen LogP contribution in [0.15, 0.2) is 30.5 Å². The third kappa shape index (κ3) is 2.77. The van der Waals surface area contributed by atoms with Gasteiger partial charge in [-0.3, -0.25) is 0 Å². The first-order valence-electron chi connectivity index (χ1n) is 5.33. The summed E-state index contributed by atoms with van der Waals surface area (Å²) in [6.07, 6.45) is 1.77. The van der Waals surface area contributed by atoms with Crippen molar-refractivity contribution >= 4 is 43.8 Å². The maximum absolute atomic E-state index is 11.4. The molecule has 4 nitrogen and oxygen atoms in total. The van der Waals surface area contributed by atoms with Gasteiger partial charge in [-0.2, -0.15) is 0 Å². The predicted molar refractivity (Wildman–Crippen MR) is 69.8 cm³/mol. The van der Waals surface area contributed by atoms with Crippen molar-refractivity contribution in [3.05, 3.63) is 30.5 Å². The van der Waals surface area contributed by atoms with Crippen LogP contribution in [0.1, 0.15) is 6.92 Å². The molecule has 0 spiro atoms. The van der Waals surface area contributed by atoms with Crippen molar-refractivity contribution < 1.29 is 4.79 Å². The fourth-order valence-corrected chi connectivity index (χ4v) is 2.12. The van der Waals surface area contributed by atoms with Gasteiger partial charge >= 0.3 is 108 Å². The number of urea groups is 1. The molecular formula is C12H12AsN3O.